The van der Waals surface area contributed by atoms with Gasteiger partial charge in [0.15, 0.2) is 5.78 Å². The molecule has 1 aliphatic carbocycles. The highest BCUT2D eigenvalue weighted by Gasteiger charge is 2.32. The number of aryl methyl sites for hydroxylation is 3. The molecule has 1 atom stereocenters. The van der Waals surface area contributed by atoms with E-state index in [0.717, 1.165) is 53.3 Å². The third kappa shape index (κ3) is 8.78. The van der Waals surface area contributed by atoms with Crippen LogP contribution in [0.3, 0.4) is 0 Å². The minimum Gasteiger partial charge on any atom is -0.512 e. The van der Waals surface area contributed by atoms with Crippen molar-refractivity contribution < 1.29 is 23.1 Å². The Morgan fingerprint density at radius 2 is 1.68 bits per heavy atom. The molecule has 1 aliphatic rings. The average molecular weight is 556 g/mol. The quantitative estimate of drug-likeness (QED) is 0.346. The van der Waals surface area contributed by atoms with Crippen LogP contribution in [0.5, 0.6) is 0 Å². The number of benzene rings is 1. The molecule has 3 rings (SSSR count). The van der Waals surface area contributed by atoms with Gasteiger partial charge in [0.05, 0.1) is 16.2 Å². The summed E-state index contributed by atoms with van der Waals surface area (Å²) in [6.45, 7) is 12.6. The Balaban J connectivity index is 0.00000112. The largest absolute Gasteiger partial charge is 0.512 e. The molecule has 0 spiro atoms. The Morgan fingerprint density at radius 1 is 1.11 bits per heavy atom. The van der Waals surface area contributed by atoms with Crippen LogP contribution in [0.1, 0.15) is 81.7 Å². The van der Waals surface area contributed by atoms with Crippen LogP contribution in [0.4, 0.5) is 13.2 Å². The van der Waals surface area contributed by atoms with Gasteiger partial charge >= 0.3 is 6.18 Å². The summed E-state index contributed by atoms with van der Waals surface area (Å²) in [5.41, 5.74) is 3.71. The van der Waals surface area contributed by atoms with E-state index in [1.165, 1.54) is 11.8 Å². The number of carbonyl (C=O) groups is 1. The van der Waals surface area contributed by atoms with E-state index in [1.54, 1.807) is 0 Å². The average Bonchev–Trinajstić information content (AvgIpc) is 2.79. The van der Waals surface area contributed by atoms with Crippen molar-refractivity contribution in [3.05, 3.63) is 63.0 Å². The van der Waals surface area contributed by atoms with E-state index in [1.807, 2.05) is 20.8 Å². The Hall–Kier alpha value is -1.99. The molecule has 0 amide bonds. The summed E-state index contributed by atoms with van der Waals surface area (Å²) in [7, 11) is 0. The third-order valence-electron chi connectivity index (χ3n) is 5.88. The molecular weight excluding hydrogens is 519 g/mol. The molecule has 0 bridgehead atoms. The van der Waals surface area contributed by atoms with Gasteiger partial charge in [-0.1, -0.05) is 63.9 Å². The topological polar surface area (TPSA) is 50.2 Å². The molecule has 8 heteroatoms. The molecule has 0 saturated heterocycles. The predicted octanol–water partition coefficient (Wildman–Crippen LogP) is 9.28. The summed E-state index contributed by atoms with van der Waals surface area (Å²) >= 11 is 7.23. The van der Waals surface area contributed by atoms with Gasteiger partial charge in [0.1, 0.15) is 10.8 Å². The van der Waals surface area contributed by atoms with Crippen molar-refractivity contribution in [3.63, 3.8) is 0 Å². The molecular formula is C29H37ClF3NO2S. The normalized spacial score (nSPS) is 16.2. The number of hydrogen-bond acceptors (Lipinski definition) is 4. The number of halogens is 4. The minimum atomic E-state index is -4.49. The number of carbonyl (C=O) groups excluding carboxylic acids is 1. The number of alkyl halides is 3. The van der Waals surface area contributed by atoms with E-state index >= 15 is 0 Å². The van der Waals surface area contributed by atoms with Gasteiger partial charge in [-0.2, -0.15) is 13.2 Å². The first-order chi connectivity index (χ1) is 17.3. The van der Waals surface area contributed by atoms with E-state index in [9.17, 15) is 23.1 Å². The van der Waals surface area contributed by atoms with Crippen LogP contribution in [0.15, 0.2) is 35.2 Å². The summed E-state index contributed by atoms with van der Waals surface area (Å²) < 4.78 is 38.3. The number of hydrogen-bond donors (Lipinski definition) is 1. The number of thioether (sulfide) groups is 1. The fourth-order valence-electron chi connectivity index (χ4n) is 4.29. The first kappa shape index (κ1) is 31.2. The lowest BCUT2D eigenvalue weighted by atomic mass is 9.79. The van der Waals surface area contributed by atoms with Gasteiger partial charge in [-0.05, 0) is 66.5 Å². The molecule has 0 saturated carbocycles. The number of rotatable bonds is 7. The monoisotopic (exact) mass is 555 g/mol. The second-order valence-corrected chi connectivity index (χ2v) is 11.6. The Labute approximate surface area is 227 Å². The van der Waals surface area contributed by atoms with Crippen LogP contribution in [-0.4, -0.2) is 21.6 Å². The van der Waals surface area contributed by atoms with Gasteiger partial charge in [0, 0.05) is 19.0 Å². The maximum atomic E-state index is 13.1. The maximum Gasteiger partial charge on any atom is 0.417 e. The second-order valence-electron chi connectivity index (χ2n) is 10.1. The maximum absolute atomic E-state index is 13.1. The summed E-state index contributed by atoms with van der Waals surface area (Å²) in [4.78, 5) is 16.9. The summed E-state index contributed by atoms with van der Waals surface area (Å²) in [5, 5.41) is 11.1. The third-order valence-corrected chi connectivity index (χ3v) is 7.32. The molecule has 1 N–H and O–H groups in total. The van der Waals surface area contributed by atoms with Crippen molar-refractivity contribution in [1.82, 2.24) is 4.98 Å². The Kier molecular flexibility index (Phi) is 11.6. The van der Waals surface area contributed by atoms with Gasteiger partial charge in [-0.3, -0.25) is 4.79 Å². The molecule has 1 aromatic heterocycles. The zero-order chi connectivity index (χ0) is 27.9. The van der Waals surface area contributed by atoms with Gasteiger partial charge in [0.2, 0.25) is 0 Å². The van der Waals surface area contributed by atoms with Crippen LogP contribution in [-0.2, 0) is 23.8 Å². The highest BCUT2D eigenvalue weighted by molar-refractivity contribution is 7.99. The van der Waals surface area contributed by atoms with Crippen molar-refractivity contribution in [2.45, 2.75) is 84.8 Å². The number of Topliss-reactive ketones (excluding diaryl/α,β-unsaturated/α-hetero) is 1. The molecule has 204 valence electrons. The minimum absolute atomic E-state index is 0.0393. The summed E-state index contributed by atoms with van der Waals surface area (Å²) in [6, 6.07) is 5.03. The summed E-state index contributed by atoms with van der Waals surface area (Å²) in [6.07, 6.45) is -0.829. The van der Waals surface area contributed by atoms with E-state index in [0.29, 0.717) is 35.6 Å². The molecule has 2 aromatic rings. The number of aliphatic hydroxyl groups is 1. The van der Waals surface area contributed by atoms with Crippen molar-refractivity contribution in [3.8, 4) is 0 Å². The van der Waals surface area contributed by atoms with Crippen LogP contribution >= 0.6 is 23.4 Å². The SMILES string of the molecule is CC(C)C.CCc1cc(C)cc(CC)c1C1=C(O)CC(CCSc2ncc(C(F)(F)F)cc2Cl)CC1=O. The molecule has 3 nitrogen and oxygen atoms in total. The fourth-order valence-corrected chi connectivity index (χ4v) is 5.59. The number of allylic oxidation sites excluding steroid dienone is 2. The number of ketones is 1. The summed E-state index contributed by atoms with van der Waals surface area (Å²) in [5.74, 6) is 1.39. The number of pyridine rings is 1. The van der Waals surface area contributed by atoms with Crippen molar-refractivity contribution in [2.75, 3.05) is 5.75 Å². The van der Waals surface area contributed by atoms with Crippen LogP contribution in [0, 0.1) is 18.8 Å². The zero-order valence-electron chi connectivity index (χ0n) is 22.4. The van der Waals surface area contributed by atoms with Crippen LogP contribution in [0.2, 0.25) is 5.02 Å². The molecule has 1 heterocycles. The van der Waals surface area contributed by atoms with E-state index in [2.05, 4.69) is 37.9 Å². The Morgan fingerprint density at radius 3 is 2.14 bits per heavy atom. The molecule has 0 fully saturated rings. The fraction of sp³-hybridized carbons (Fsp3) is 0.517. The van der Waals surface area contributed by atoms with Gasteiger partial charge in [-0.15, -0.1) is 11.8 Å². The number of aliphatic hydroxyl groups excluding tert-OH is 1. The van der Waals surface area contributed by atoms with Gasteiger partial charge in [0.25, 0.3) is 0 Å². The molecule has 0 aliphatic heterocycles. The van der Waals surface area contributed by atoms with Crippen molar-refractivity contribution in [2.24, 2.45) is 11.8 Å². The van der Waals surface area contributed by atoms with Gasteiger partial charge < -0.3 is 5.11 Å². The van der Waals surface area contributed by atoms with E-state index in [4.69, 9.17) is 11.6 Å². The zero-order valence-corrected chi connectivity index (χ0v) is 24.0. The highest BCUT2D eigenvalue weighted by Crippen LogP contribution is 2.39. The molecule has 37 heavy (non-hydrogen) atoms. The standard InChI is InChI=1S/C25H27ClF3NO2S.C4H10/c1-4-16-8-14(3)9-17(5-2)22(16)23-20(31)10-15(11-21(23)32)6-7-33-24-19(26)12-18(13-30-24)25(27,28)29;1-4(2)3/h8-9,12-13,15,31H,4-7,10-11H2,1-3H3;4H,1-3H3. The first-order valence-electron chi connectivity index (χ1n) is 12.7. The first-order valence-corrected chi connectivity index (χ1v) is 14.1. The smallest absolute Gasteiger partial charge is 0.417 e. The highest BCUT2D eigenvalue weighted by atomic mass is 35.5. The van der Waals surface area contributed by atoms with Crippen LogP contribution < -0.4 is 0 Å². The Bertz CT molecular complexity index is 1100. The molecule has 0 radical (unpaired) electrons. The number of nitrogens with zero attached hydrogens (tertiary/aromatic N) is 1. The predicted molar refractivity (Wildman–Crippen MR) is 147 cm³/mol. The number of aromatic nitrogens is 1. The molecule has 1 unspecified atom stereocenters. The van der Waals surface area contributed by atoms with Crippen LogP contribution in [0.25, 0.3) is 5.57 Å². The van der Waals surface area contributed by atoms with E-state index in [-0.39, 0.29) is 22.5 Å². The van der Waals surface area contributed by atoms with Crippen molar-refractivity contribution in [1.29, 1.82) is 0 Å². The lowest BCUT2D eigenvalue weighted by Crippen LogP contribution is -2.21. The van der Waals surface area contributed by atoms with Gasteiger partial charge in [-0.25, -0.2) is 4.98 Å². The van der Waals surface area contributed by atoms with Crippen molar-refractivity contribution >= 4 is 34.7 Å². The lowest BCUT2D eigenvalue weighted by Gasteiger charge is -2.26. The molecule has 1 aromatic carbocycles. The lowest BCUT2D eigenvalue weighted by molar-refractivity contribution is -0.137. The second kappa shape index (κ2) is 13.7. The van der Waals surface area contributed by atoms with E-state index < -0.39 is 11.7 Å².